The van der Waals surface area contributed by atoms with Crippen LogP contribution in [0.4, 0.5) is 0 Å². The highest BCUT2D eigenvalue weighted by atomic mass is 35.5. The van der Waals surface area contributed by atoms with E-state index in [1.54, 1.807) is 55.5 Å². The summed E-state index contributed by atoms with van der Waals surface area (Å²) in [6.45, 7) is 1.72. The summed E-state index contributed by atoms with van der Waals surface area (Å²) in [7, 11) is 0. The number of carbonyl (C=O) groups excluding carboxylic acids is 1. The van der Waals surface area contributed by atoms with Gasteiger partial charge in [-0.1, -0.05) is 40.5 Å². The third-order valence-electron chi connectivity index (χ3n) is 3.49. The van der Waals surface area contributed by atoms with E-state index < -0.39 is 6.10 Å². The maximum absolute atomic E-state index is 12.2. The minimum Gasteiger partial charge on any atom is -0.479 e. The lowest BCUT2D eigenvalue weighted by atomic mass is 10.2. The second-order valence-corrected chi connectivity index (χ2v) is 6.27. The first kappa shape index (κ1) is 18.2. The minimum absolute atomic E-state index is 0.0929. The van der Waals surface area contributed by atoms with E-state index in [0.717, 1.165) is 5.56 Å². The van der Waals surface area contributed by atoms with Crippen molar-refractivity contribution in [3.63, 3.8) is 0 Å². The van der Waals surface area contributed by atoms with Crippen LogP contribution < -0.4 is 10.1 Å². The highest BCUT2D eigenvalue weighted by molar-refractivity contribution is 6.32. The molecule has 8 heteroatoms. The van der Waals surface area contributed by atoms with Gasteiger partial charge in [0.1, 0.15) is 5.75 Å². The molecule has 1 N–H and O–H groups in total. The highest BCUT2D eigenvalue weighted by Gasteiger charge is 2.17. The number of ether oxygens (including phenoxy) is 1. The lowest BCUT2D eigenvalue weighted by Crippen LogP contribution is -2.36. The first-order valence-corrected chi connectivity index (χ1v) is 8.56. The van der Waals surface area contributed by atoms with Crippen molar-refractivity contribution in [2.75, 3.05) is 0 Å². The monoisotopic (exact) mass is 391 g/mol. The van der Waals surface area contributed by atoms with E-state index in [-0.39, 0.29) is 18.3 Å². The number of nitrogens with one attached hydrogen (secondary N) is 1. The Morgan fingerprint density at radius 3 is 2.65 bits per heavy atom. The standard InChI is InChI=1S/C18H15Cl2N3O3/c1-11(25-15-5-3-2-4-14(15)20)18(24)21-10-16-22-17(23-26-16)12-6-8-13(19)9-7-12/h2-9,11H,10H2,1H3,(H,21,24)/t11-/m1/s1. The quantitative estimate of drug-likeness (QED) is 0.683. The fourth-order valence-corrected chi connectivity index (χ4v) is 2.44. The average Bonchev–Trinajstić information content (AvgIpc) is 3.11. The Hall–Kier alpha value is -2.57. The number of aromatic nitrogens is 2. The van der Waals surface area contributed by atoms with Crippen molar-refractivity contribution in [3.8, 4) is 17.1 Å². The smallest absolute Gasteiger partial charge is 0.261 e. The largest absolute Gasteiger partial charge is 0.479 e. The van der Waals surface area contributed by atoms with Crippen LogP contribution >= 0.6 is 23.2 Å². The second kappa shape index (κ2) is 8.21. The van der Waals surface area contributed by atoms with Gasteiger partial charge in [-0.2, -0.15) is 4.98 Å². The Kier molecular flexibility index (Phi) is 5.75. The van der Waals surface area contributed by atoms with Gasteiger partial charge in [-0.05, 0) is 43.3 Å². The molecular formula is C18H15Cl2N3O3. The summed E-state index contributed by atoms with van der Waals surface area (Å²) in [6.07, 6.45) is -0.728. The number of benzene rings is 2. The summed E-state index contributed by atoms with van der Waals surface area (Å²) < 4.78 is 10.7. The van der Waals surface area contributed by atoms with Crippen molar-refractivity contribution in [1.29, 1.82) is 0 Å². The van der Waals surface area contributed by atoms with E-state index in [1.165, 1.54) is 0 Å². The molecule has 26 heavy (non-hydrogen) atoms. The Balaban J connectivity index is 1.56. The number of hydrogen-bond donors (Lipinski definition) is 1. The molecule has 1 heterocycles. The number of rotatable bonds is 6. The number of amides is 1. The molecule has 1 amide bonds. The van der Waals surface area contributed by atoms with Crippen molar-refractivity contribution < 1.29 is 14.1 Å². The number of nitrogens with zero attached hydrogens (tertiary/aromatic N) is 2. The molecule has 0 saturated carbocycles. The van der Waals surface area contributed by atoms with Gasteiger partial charge in [-0.15, -0.1) is 0 Å². The van der Waals surface area contributed by atoms with Gasteiger partial charge in [0.15, 0.2) is 6.10 Å². The Morgan fingerprint density at radius 2 is 1.92 bits per heavy atom. The van der Waals surface area contributed by atoms with Crippen LogP contribution in [0.3, 0.4) is 0 Å². The molecule has 0 fully saturated rings. The molecule has 0 radical (unpaired) electrons. The van der Waals surface area contributed by atoms with E-state index in [4.69, 9.17) is 32.5 Å². The molecule has 0 aliphatic heterocycles. The molecule has 0 bridgehead atoms. The van der Waals surface area contributed by atoms with Gasteiger partial charge in [0.2, 0.25) is 11.7 Å². The van der Waals surface area contributed by atoms with E-state index in [0.29, 0.717) is 21.6 Å². The summed E-state index contributed by atoms with van der Waals surface area (Å²) in [5.41, 5.74) is 0.770. The van der Waals surface area contributed by atoms with Gasteiger partial charge in [-0.3, -0.25) is 4.79 Å². The Morgan fingerprint density at radius 1 is 1.19 bits per heavy atom. The lowest BCUT2D eigenvalue weighted by Gasteiger charge is -2.14. The SMILES string of the molecule is C[C@@H](Oc1ccccc1Cl)C(=O)NCc1nc(-c2ccc(Cl)cc2)no1. The zero-order valence-electron chi connectivity index (χ0n) is 13.8. The average molecular weight is 392 g/mol. The molecule has 0 aliphatic rings. The molecule has 2 aromatic carbocycles. The van der Waals surface area contributed by atoms with Crippen molar-refractivity contribution >= 4 is 29.1 Å². The summed E-state index contributed by atoms with van der Waals surface area (Å²) in [4.78, 5) is 16.4. The molecule has 6 nitrogen and oxygen atoms in total. The van der Waals surface area contributed by atoms with Crippen LogP contribution in [-0.4, -0.2) is 22.2 Å². The summed E-state index contributed by atoms with van der Waals surface area (Å²) >= 11 is 11.9. The highest BCUT2D eigenvalue weighted by Crippen LogP contribution is 2.24. The van der Waals surface area contributed by atoms with Crippen LogP contribution in [-0.2, 0) is 11.3 Å². The molecule has 0 aliphatic carbocycles. The van der Waals surface area contributed by atoms with E-state index in [2.05, 4.69) is 15.5 Å². The number of hydrogen-bond acceptors (Lipinski definition) is 5. The number of para-hydroxylation sites is 1. The van der Waals surface area contributed by atoms with Gasteiger partial charge in [0.25, 0.3) is 5.91 Å². The number of carbonyl (C=O) groups is 1. The first-order valence-electron chi connectivity index (χ1n) is 7.80. The van der Waals surface area contributed by atoms with Crippen LogP contribution in [0.1, 0.15) is 12.8 Å². The van der Waals surface area contributed by atoms with Crippen LogP contribution in [0, 0.1) is 0 Å². The fourth-order valence-electron chi connectivity index (χ4n) is 2.13. The third-order valence-corrected chi connectivity index (χ3v) is 4.06. The van der Waals surface area contributed by atoms with Gasteiger partial charge in [0, 0.05) is 10.6 Å². The maximum atomic E-state index is 12.2. The van der Waals surface area contributed by atoms with Crippen molar-refractivity contribution in [2.24, 2.45) is 0 Å². The second-order valence-electron chi connectivity index (χ2n) is 5.43. The van der Waals surface area contributed by atoms with Crippen LogP contribution in [0.5, 0.6) is 5.75 Å². The molecule has 0 spiro atoms. The molecule has 1 atom stereocenters. The predicted molar refractivity (Wildman–Crippen MR) is 98.1 cm³/mol. The Bertz CT molecular complexity index is 897. The van der Waals surface area contributed by atoms with E-state index >= 15 is 0 Å². The molecule has 3 rings (SSSR count). The normalized spacial score (nSPS) is 11.8. The van der Waals surface area contributed by atoms with Gasteiger partial charge >= 0.3 is 0 Å². The fraction of sp³-hybridized carbons (Fsp3) is 0.167. The lowest BCUT2D eigenvalue weighted by molar-refractivity contribution is -0.127. The van der Waals surface area contributed by atoms with Gasteiger partial charge in [-0.25, -0.2) is 0 Å². The van der Waals surface area contributed by atoms with Gasteiger partial charge in [0.05, 0.1) is 11.6 Å². The van der Waals surface area contributed by atoms with Crippen LogP contribution in [0.15, 0.2) is 53.1 Å². The summed E-state index contributed by atoms with van der Waals surface area (Å²) in [5.74, 6) is 0.829. The Labute approximate surface area is 160 Å². The van der Waals surface area contributed by atoms with Crippen LogP contribution in [0.25, 0.3) is 11.4 Å². The van der Waals surface area contributed by atoms with Crippen molar-refractivity contribution in [2.45, 2.75) is 19.6 Å². The number of halogens is 2. The zero-order chi connectivity index (χ0) is 18.5. The molecule has 0 saturated heterocycles. The molecular weight excluding hydrogens is 377 g/mol. The summed E-state index contributed by atoms with van der Waals surface area (Å²) in [6, 6.07) is 14.0. The first-order chi connectivity index (χ1) is 12.5. The van der Waals surface area contributed by atoms with Crippen molar-refractivity contribution in [1.82, 2.24) is 15.5 Å². The minimum atomic E-state index is -0.728. The topological polar surface area (TPSA) is 77.2 Å². The zero-order valence-corrected chi connectivity index (χ0v) is 15.3. The van der Waals surface area contributed by atoms with E-state index in [1.807, 2.05) is 0 Å². The maximum Gasteiger partial charge on any atom is 0.261 e. The van der Waals surface area contributed by atoms with Crippen LogP contribution in [0.2, 0.25) is 10.0 Å². The van der Waals surface area contributed by atoms with Gasteiger partial charge < -0.3 is 14.6 Å². The molecule has 134 valence electrons. The van der Waals surface area contributed by atoms with Crippen molar-refractivity contribution in [3.05, 3.63) is 64.5 Å². The molecule has 1 aromatic heterocycles. The van der Waals surface area contributed by atoms with E-state index in [9.17, 15) is 4.79 Å². The summed E-state index contributed by atoms with van der Waals surface area (Å²) in [5, 5.41) is 7.64. The molecule has 3 aromatic rings. The predicted octanol–water partition coefficient (Wildman–Crippen LogP) is 4.13. The third kappa shape index (κ3) is 4.53. The molecule has 0 unspecified atom stereocenters.